The summed E-state index contributed by atoms with van der Waals surface area (Å²) in [6.07, 6.45) is 3.52. The summed E-state index contributed by atoms with van der Waals surface area (Å²) in [6, 6.07) is 7.18. The number of benzene rings is 1. The van der Waals surface area contributed by atoms with E-state index in [9.17, 15) is 5.11 Å². The lowest BCUT2D eigenvalue weighted by molar-refractivity contribution is 0.0912. The standard InChI is InChI=1S/C13H15ClN2O2/c1-8-6-10(7-12(14)13(8,15)17)9-2-4-11(16-18)5-3-9/h2-7,12,16-18H,15H2,1H3. The van der Waals surface area contributed by atoms with Crippen LogP contribution in [0, 0.1) is 0 Å². The minimum atomic E-state index is -1.50. The first-order valence-corrected chi connectivity index (χ1v) is 5.95. The van der Waals surface area contributed by atoms with Gasteiger partial charge in [-0.2, -0.15) is 0 Å². The first-order valence-electron chi connectivity index (χ1n) is 5.51. The van der Waals surface area contributed by atoms with E-state index in [-0.39, 0.29) is 0 Å². The van der Waals surface area contributed by atoms with E-state index in [1.54, 1.807) is 31.2 Å². The van der Waals surface area contributed by atoms with Gasteiger partial charge in [0.2, 0.25) is 0 Å². The Bertz CT molecular complexity index is 506. The Hall–Kier alpha value is -1.33. The van der Waals surface area contributed by atoms with Crippen molar-refractivity contribution >= 4 is 22.9 Å². The molecule has 0 bridgehead atoms. The SMILES string of the molecule is CC1=CC(c2ccc(NO)cc2)=CC(Cl)C1(N)O. The second-order valence-electron chi connectivity index (χ2n) is 4.37. The summed E-state index contributed by atoms with van der Waals surface area (Å²) in [7, 11) is 0. The first-order chi connectivity index (χ1) is 8.45. The Morgan fingerprint density at radius 2 is 1.94 bits per heavy atom. The molecule has 0 heterocycles. The zero-order chi connectivity index (χ0) is 13.3. The zero-order valence-electron chi connectivity index (χ0n) is 9.89. The summed E-state index contributed by atoms with van der Waals surface area (Å²) >= 11 is 6.06. The van der Waals surface area contributed by atoms with Gasteiger partial charge in [0, 0.05) is 0 Å². The molecule has 18 heavy (non-hydrogen) atoms. The van der Waals surface area contributed by atoms with Crippen molar-refractivity contribution in [3.05, 3.63) is 47.6 Å². The Kier molecular flexibility index (Phi) is 3.45. The molecule has 0 aromatic heterocycles. The van der Waals surface area contributed by atoms with Crippen molar-refractivity contribution in [3.63, 3.8) is 0 Å². The van der Waals surface area contributed by atoms with Gasteiger partial charge in [-0.3, -0.25) is 16.4 Å². The molecule has 2 unspecified atom stereocenters. The lowest BCUT2D eigenvalue weighted by atomic mass is 9.89. The van der Waals surface area contributed by atoms with Crippen LogP contribution in [0.15, 0.2) is 42.0 Å². The fourth-order valence-corrected chi connectivity index (χ4v) is 2.12. The van der Waals surface area contributed by atoms with Gasteiger partial charge in [0.05, 0.1) is 11.1 Å². The van der Waals surface area contributed by atoms with Crippen molar-refractivity contribution in [2.45, 2.75) is 18.0 Å². The number of hydrogen-bond donors (Lipinski definition) is 4. The minimum absolute atomic E-state index is 0.605. The molecule has 1 aliphatic carbocycles. The van der Waals surface area contributed by atoms with Crippen molar-refractivity contribution in [1.82, 2.24) is 0 Å². The van der Waals surface area contributed by atoms with Crippen LogP contribution in [0.4, 0.5) is 5.69 Å². The number of anilines is 1. The highest BCUT2D eigenvalue weighted by molar-refractivity contribution is 6.23. The molecule has 0 aliphatic heterocycles. The third-order valence-corrected chi connectivity index (χ3v) is 3.56. The van der Waals surface area contributed by atoms with E-state index in [0.717, 1.165) is 11.1 Å². The molecule has 0 saturated heterocycles. The molecule has 2 atom stereocenters. The number of aliphatic hydroxyl groups is 1. The number of nitrogens with two attached hydrogens (primary N) is 1. The number of allylic oxidation sites excluding steroid dienone is 2. The molecule has 5 heteroatoms. The van der Waals surface area contributed by atoms with Gasteiger partial charge in [0.1, 0.15) is 0 Å². The highest BCUT2D eigenvalue weighted by Gasteiger charge is 2.34. The van der Waals surface area contributed by atoms with E-state index in [4.69, 9.17) is 22.5 Å². The molecule has 1 aliphatic rings. The Morgan fingerprint density at radius 1 is 1.33 bits per heavy atom. The number of alkyl halides is 1. The highest BCUT2D eigenvalue weighted by Crippen LogP contribution is 2.32. The Balaban J connectivity index is 2.35. The molecule has 0 amide bonds. The van der Waals surface area contributed by atoms with Gasteiger partial charge >= 0.3 is 0 Å². The second-order valence-corrected chi connectivity index (χ2v) is 4.84. The fraction of sp³-hybridized carbons (Fsp3) is 0.231. The summed E-state index contributed by atoms with van der Waals surface area (Å²) in [5.74, 6) is 0. The average Bonchev–Trinajstić information content (AvgIpc) is 2.36. The average molecular weight is 267 g/mol. The van der Waals surface area contributed by atoms with Gasteiger partial charge in [0.15, 0.2) is 5.72 Å². The fourth-order valence-electron chi connectivity index (χ4n) is 1.82. The summed E-state index contributed by atoms with van der Waals surface area (Å²) in [5.41, 5.74) is 9.34. The summed E-state index contributed by atoms with van der Waals surface area (Å²) in [6.45, 7) is 1.74. The third-order valence-electron chi connectivity index (χ3n) is 3.10. The van der Waals surface area contributed by atoms with Crippen LogP contribution in [-0.4, -0.2) is 21.4 Å². The number of halogens is 1. The minimum Gasteiger partial charge on any atom is -0.370 e. The van der Waals surface area contributed by atoms with Crippen LogP contribution in [-0.2, 0) is 0 Å². The van der Waals surface area contributed by atoms with Crippen molar-refractivity contribution in [2.24, 2.45) is 5.73 Å². The lowest BCUT2D eigenvalue weighted by Gasteiger charge is -2.31. The van der Waals surface area contributed by atoms with Crippen LogP contribution in [0.5, 0.6) is 0 Å². The molecular formula is C13H15ClN2O2. The molecule has 0 radical (unpaired) electrons. The highest BCUT2D eigenvalue weighted by atomic mass is 35.5. The molecule has 2 rings (SSSR count). The zero-order valence-corrected chi connectivity index (χ0v) is 10.6. The van der Waals surface area contributed by atoms with Crippen LogP contribution in [0.1, 0.15) is 12.5 Å². The summed E-state index contributed by atoms with van der Waals surface area (Å²) < 4.78 is 0. The molecule has 1 aromatic rings. The van der Waals surface area contributed by atoms with Crippen molar-refractivity contribution < 1.29 is 10.3 Å². The van der Waals surface area contributed by atoms with Gasteiger partial charge in [-0.1, -0.05) is 24.3 Å². The Labute approximate surface area is 110 Å². The monoisotopic (exact) mass is 266 g/mol. The van der Waals surface area contributed by atoms with Gasteiger partial charge in [-0.15, -0.1) is 11.6 Å². The maximum atomic E-state index is 9.95. The molecule has 0 fully saturated rings. The Morgan fingerprint density at radius 3 is 2.44 bits per heavy atom. The van der Waals surface area contributed by atoms with Crippen LogP contribution >= 0.6 is 11.6 Å². The molecular weight excluding hydrogens is 252 g/mol. The largest absolute Gasteiger partial charge is 0.370 e. The molecule has 0 saturated carbocycles. The van der Waals surface area contributed by atoms with Gasteiger partial charge in [0.25, 0.3) is 0 Å². The van der Waals surface area contributed by atoms with Crippen LogP contribution in [0.3, 0.4) is 0 Å². The second kappa shape index (κ2) is 4.74. The van der Waals surface area contributed by atoms with E-state index >= 15 is 0 Å². The van der Waals surface area contributed by atoms with Gasteiger partial charge in [-0.05, 0) is 35.8 Å². The summed E-state index contributed by atoms with van der Waals surface area (Å²) in [5, 5.41) is 18.0. The number of nitrogens with one attached hydrogen (secondary N) is 1. The lowest BCUT2D eigenvalue weighted by Crippen LogP contribution is -2.49. The molecule has 1 aromatic carbocycles. The van der Waals surface area contributed by atoms with E-state index < -0.39 is 11.1 Å². The normalized spacial score (nSPS) is 27.5. The van der Waals surface area contributed by atoms with Crippen LogP contribution < -0.4 is 11.2 Å². The predicted octanol–water partition coefficient (Wildman–Crippen LogP) is 2.09. The van der Waals surface area contributed by atoms with Gasteiger partial charge < -0.3 is 5.11 Å². The summed E-state index contributed by atoms with van der Waals surface area (Å²) in [4.78, 5) is 0. The molecule has 0 spiro atoms. The van der Waals surface area contributed by atoms with Gasteiger partial charge in [-0.25, -0.2) is 0 Å². The van der Waals surface area contributed by atoms with Crippen LogP contribution in [0.25, 0.3) is 5.57 Å². The van der Waals surface area contributed by atoms with E-state index in [2.05, 4.69) is 5.48 Å². The van der Waals surface area contributed by atoms with E-state index in [1.165, 1.54) is 0 Å². The predicted molar refractivity (Wildman–Crippen MR) is 72.4 cm³/mol. The molecule has 4 nitrogen and oxygen atoms in total. The first kappa shape index (κ1) is 13.1. The third kappa shape index (κ3) is 2.28. The van der Waals surface area contributed by atoms with E-state index in [0.29, 0.717) is 11.3 Å². The number of hydrogen-bond acceptors (Lipinski definition) is 4. The quantitative estimate of drug-likeness (QED) is 0.375. The van der Waals surface area contributed by atoms with E-state index in [1.807, 2.05) is 12.1 Å². The topological polar surface area (TPSA) is 78.5 Å². The molecule has 5 N–H and O–H groups in total. The maximum Gasteiger partial charge on any atom is 0.155 e. The van der Waals surface area contributed by atoms with Crippen molar-refractivity contribution in [2.75, 3.05) is 5.48 Å². The smallest absolute Gasteiger partial charge is 0.155 e. The number of rotatable bonds is 2. The van der Waals surface area contributed by atoms with Crippen molar-refractivity contribution in [1.29, 1.82) is 0 Å². The molecule has 96 valence electrons. The maximum absolute atomic E-state index is 9.95. The van der Waals surface area contributed by atoms with Crippen molar-refractivity contribution in [3.8, 4) is 0 Å². The van der Waals surface area contributed by atoms with Crippen LogP contribution in [0.2, 0.25) is 0 Å².